The number of rotatable bonds is 4. The Hall–Kier alpha value is -0.0500. The van der Waals surface area contributed by atoms with Gasteiger partial charge in [0.25, 0.3) is 0 Å². The van der Waals surface area contributed by atoms with Gasteiger partial charge in [0.1, 0.15) is 0 Å². The lowest BCUT2D eigenvalue weighted by molar-refractivity contribution is -0.131. The van der Waals surface area contributed by atoms with E-state index in [1.165, 1.54) is 38.5 Å². The van der Waals surface area contributed by atoms with Crippen LogP contribution in [0.15, 0.2) is 0 Å². The summed E-state index contributed by atoms with van der Waals surface area (Å²) in [5.74, 6) is 1.02. The predicted octanol–water partition coefficient (Wildman–Crippen LogP) is 4.03. The average Bonchev–Trinajstić information content (AvgIpc) is 2.86. The monoisotopic (exact) mass is 315 g/mol. The van der Waals surface area contributed by atoms with Crippen LogP contribution in [0.5, 0.6) is 0 Å². The lowest BCUT2D eigenvalue weighted by Gasteiger charge is -2.29. The minimum Gasteiger partial charge on any atom is -0.355 e. The number of hydrogen-bond acceptors (Lipinski definition) is 1. The third kappa shape index (κ3) is 3.28. The zero-order valence-electron chi connectivity index (χ0n) is 11.5. The molecule has 2 nitrogen and oxygen atoms in total. The Labute approximate surface area is 119 Å². The Morgan fingerprint density at radius 1 is 1.28 bits per heavy atom. The van der Waals surface area contributed by atoms with Gasteiger partial charge in [-0.2, -0.15) is 0 Å². The van der Waals surface area contributed by atoms with E-state index in [4.69, 9.17) is 0 Å². The number of amides is 1. The van der Waals surface area contributed by atoms with Crippen molar-refractivity contribution in [1.29, 1.82) is 0 Å². The minimum absolute atomic E-state index is 0.0253. The number of hydrogen-bond donors (Lipinski definition) is 1. The van der Waals surface area contributed by atoms with Gasteiger partial charge < -0.3 is 5.32 Å². The summed E-state index contributed by atoms with van der Waals surface area (Å²) in [5.41, 5.74) is -0.0253. The van der Waals surface area contributed by atoms with E-state index in [9.17, 15) is 4.79 Å². The second-order valence-corrected chi connectivity index (χ2v) is 7.48. The van der Waals surface area contributed by atoms with Crippen molar-refractivity contribution in [2.75, 3.05) is 6.54 Å². The zero-order chi connectivity index (χ0) is 13.0. The van der Waals surface area contributed by atoms with Gasteiger partial charge in [-0.3, -0.25) is 4.79 Å². The fourth-order valence-electron chi connectivity index (χ4n) is 3.63. The predicted molar refractivity (Wildman–Crippen MR) is 78.9 cm³/mol. The molecular weight excluding hydrogens is 290 g/mol. The maximum absolute atomic E-state index is 12.4. The molecule has 2 rings (SSSR count). The molecule has 2 unspecified atom stereocenters. The van der Waals surface area contributed by atoms with Gasteiger partial charge >= 0.3 is 0 Å². The van der Waals surface area contributed by atoms with Crippen molar-refractivity contribution in [2.45, 2.75) is 69.5 Å². The first kappa shape index (κ1) is 14.4. The molecule has 1 N–H and O–H groups in total. The molecule has 2 fully saturated rings. The van der Waals surface area contributed by atoms with Crippen LogP contribution in [0, 0.1) is 11.3 Å². The highest BCUT2D eigenvalue weighted by Crippen LogP contribution is 2.41. The first-order valence-electron chi connectivity index (χ1n) is 7.58. The Balaban J connectivity index is 1.80. The fourth-order valence-corrected chi connectivity index (χ4v) is 4.48. The van der Waals surface area contributed by atoms with Crippen LogP contribution in [-0.4, -0.2) is 17.3 Å². The molecule has 2 aliphatic carbocycles. The number of carbonyl (C=O) groups excluding carboxylic acids is 1. The lowest BCUT2D eigenvalue weighted by Crippen LogP contribution is -2.41. The molecule has 0 radical (unpaired) electrons. The van der Waals surface area contributed by atoms with E-state index in [1.54, 1.807) is 0 Å². The highest BCUT2D eigenvalue weighted by Gasteiger charge is 2.39. The highest BCUT2D eigenvalue weighted by atomic mass is 79.9. The molecular formula is C15H26BrNO. The average molecular weight is 316 g/mol. The molecule has 0 bridgehead atoms. The van der Waals surface area contributed by atoms with Crippen LogP contribution in [-0.2, 0) is 4.79 Å². The van der Waals surface area contributed by atoms with E-state index in [1.807, 2.05) is 0 Å². The number of carbonyl (C=O) groups is 1. The summed E-state index contributed by atoms with van der Waals surface area (Å²) in [6.07, 6.45) is 10.8. The van der Waals surface area contributed by atoms with Gasteiger partial charge in [-0.1, -0.05) is 42.1 Å². The molecule has 2 atom stereocenters. The summed E-state index contributed by atoms with van der Waals surface area (Å²) in [6, 6.07) is 0. The third-order valence-electron chi connectivity index (χ3n) is 4.99. The molecule has 1 amide bonds. The SMILES string of the molecule is CCC1(C(=O)NCC2CCCC(Br)C2)CCCC1. The Morgan fingerprint density at radius 3 is 2.61 bits per heavy atom. The van der Waals surface area contributed by atoms with Gasteiger partial charge in [-0.15, -0.1) is 0 Å². The molecule has 2 saturated carbocycles. The van der Waals surface area contributed by atoms with Crippen molar-refractivity contribution in [2.24, 2.45) is 11.3 Å². The largest absolute Gasteiger partial charge is 0.355 e. The van der Waals surface area contributed by atoms with E-state index < -0.39 is 0 Å². The van der Waals surface area contributed by atoms with E-state index in [0.717, 1.165) is 25.8 Å². The maximum Gasteiger partial charge on any atom is 0.226 e. The number of nitrogens with one attached hydrogen (secondary N) is 1. The molecule has 0 aliphatic heterocycles. The Bertz CT molecular complexity index is 286. The molecule has 0 spiro atoms. The van der Waals surface area contributed by atoms with Gasteiger partial charge in [-0.25, -0.2) is 0 Å². The van der Waals surface area contributed by atoms with Crippen molar-refractivity contribution in [1.82, 2.24) is 5.32 Å². The lowest BCUT2D eigenvalue weighted by atomic mass is 9.82. The summed E-state index contributed by atoms with van der Waals surface area (Å²) in [4.78, 5) is 13.1. The van der Waals surface area contributed by atoms with Crippen molar-refractivity contribution in [3.05, 3.63) is 0 Å². The Kier molecular flexibility index (Phi) is 5.11. The first-order chi connectivity index (χ1) is 8.66. The molecule has 0 aromatic heterocycles. The van der Waals surface area contributed by atoms with Crippen molar-refractivity contribution < 1.29 is 4.79 Å². The second kappa shape index (κ2) is 6.40. The topological polar surface area (TPSA) is 29.1 Å². The van der Waals surface area contributed by atoms with E-state index >= 15 is 0 Å². The molecule has 0 saturated heterocycles. The fraction of sp³-hybridized carbons (Fsp3) is 0.933. The second-order valence-electron chi connectivity index (χ2n) is 6.18. The van der Waals surface area contributed by atoms with E-state index in [-0.39, 0.29) is 5.41 Å². The van der Waals surface area contributed by atoms with Gasteiger partial charge in [-0.05, 0) is 44.4 Å². The van der Waals surface area contributed by atoms with Gasteiger partial charge in [0.05, 0.1) is 0 Å². The molecule has 0 aromatic rings. The van der Waals surface area contributed by atoms with E-state index in [0.29, 0.717) is 16.7 Å². The Morgan fingerprint density at radius 2 is 2.00 bits per heavy atom. The number of halogens is 1. The molecule has 0 heterocycles. The van der Waals surface area contributed by atoms with Gasteiger partial charge in [0, 0.05) is 16.8 Å². The van der Waals surface area contributed by atoms with Gasteiger partial charge in [0.15, 0.2) is 0 Å². The van der Waals surface area contributed by atoms with Gasteiger partial charge in [0.2, 0.25) is 5.91 Å². The smallest absolute Gasteiger partial charge is 0.226 e. The molecule has 0 aromatic carbocycles. The maximum atomic E-state index is 12.4. The van der Waals surface area contributed by atoms with Crippen molar-refractivity contribution in [3.63, 3.8) is 0 Å². The summed E-state index contributed by atoms with van der Waals surface area (Å²) < 4.78 is 0. The van der Waals surface area contributed by atoms with Crippen LogP contribution < -0.4 is 5.32 Å². The van der Waals surface area contributed by atoms with Crippen molar-refractivity contribution >= 4 is 21.8 Å². The third-order valence-corrected chi connectivity index (χ3v) is 5.82. The minimum atomic E-state index is -0.0253. The highest BCUT2D eigenvalue weighted by molar-refractivity contribution is 9.09. The van der Waals surface area contributed by atoms with Crippen LogP contribution >= 0.6 is 15.9 Å². The quantitative estimate of drug-likeness (QED) is 0.780. The standard InChI is InChI=1S/C15H26BrNO/c1-2-15(8-3-4-9-15)14(18)17-11-12-6-5-7-13(16)10-12/h12-13H,2-11H2,1H3,(H,17,18). The molecule has 18 heavy (non-hydrogen) atoms. The van der Waals surface area contributed by atoms with Crippen molar-refractivity contribution in [3.8, 4) is 0 Å². The van der Waals surface area contributed by atoms with E-state index in [2.05, 4.69) is 28.2 Å². The normalized spacial score (nSPS) is 31.2. The summed E-state index contributed by atoms with van der Waals surface area (Å²) in [6.45, 7) is 3.06. The van der Waals surface area contributed by atoms with Crippen LogP contribution in [0.3, 0.4) is 0 Å². The molecule has 3 heteroatoms. The summed E-state index contributed by atoms with van der Waals surface area (Å²) in [7, 11) is 0. The van der Waals surface area contributed by atoms with Crippen LogP contribution in [0.2, 0.25) is 0 Å². The number of alkyl halides is 1. The summed E-state index contributed by atoms with van der Waals surface area (Å²) >= 11 is 3.71. The van der Waals surface area contributed by atoms with Crippen LogP contribution in [0.25, 0.3) is 0 Å². The molecule has 104 valence electrons. The molecule has 2 aliphatic rings. The van der Waals surface area contributed by atoms with Crippen LogP contribution in [0.1, 0.15) is 64.7 Å². The first-order valence-corrected chi connectivity index (χ1v) is 8.50. The summed E-state index contributed by atoms with van der Waals surface area (Å²) in [5, 5.41) is 3.25. The van der Waals surface area contributed by atoms with Crippen LogP contribution in [0.4, 0.5) is 0 Å². The zero-order valence-corrected chi connectivity index (χ0v) is 13.1.